The molecule has 2 aromatic carbocycles. The van der Waals surface area contributed by atoms with Gasteiger partial charge in [-0.3, -0.25) is 9.59 Å². The highest BCUT2D eigenvalue weighted by molar-refractivity contribution is 6.42. The van der Waals surface area contributed by atoms with Crippen molar-refractivity contribution in [2.45, 2.75) is 71.0 Å². The maximum Gasteiger partial charge on any atom is 0.242 e. The van der Waals surface area contributed by atoms with E-state index in [4.69, 9.17) is 27.9 Å². The predicted octanol–water partition coefficient (Wildman–Crippen LogP) is 5.94. The van der Waals surface area contributed by atoms with Crippen molar-refractivity contribution in [3.63, 3.8) is 0 Å². The summed E-state index contributed by atoms with van der Waals surface area (Å²) < 4.78 is 5.75. The second-order valence-corrected chi connectivity index (χ2v) is 9.52. The molecule has 33 heavy (non-hydrogen) atoms. The Morgan fingerprint density at radius 3 is 2.45 bits per heavy atom. The van der Waals surface area contributed by atoms with Crippen molar-refractivity contribution >= 4 is 35.0 Å². The molecule has 2 aromatic rings. The lowest BCUT2D eigenvalue weighted by Gasteiger charge is -2.30. The van der Waals surface area contributed by atoms with Gasteiger partial charge in [0.2, 0.25) is 11.8 Å². The number of nitrogens with zero attached hydrogens (tertiary/aromatic N) is 1. The molecule has 5 nitrogen and oxygen atoms in total. The van der Waals surface area contributed by atoms with Crippen LogP contribution in [0.3, 0.4) is 0 Å². The third-order valence-corrected chi connectivity index (χ3v) is 6.77. The zero-order valence-electron chi connectivity index (χ0n) is 19.3. The third-order valence-electron chi connectivity index (χ3n) is 6.03. The number of nitrogens with one attached hydrogen (secondary N) is 1. The number of hydrogen-bond acceptors (Lipinski definition) is 3. The second kappa shape index (κ2) is 12.3. The summed E-state index contributed by atoms with van der Waals surface area (Å²) in [6.07, 6.45) is 5.10. The van der Waals surface area contributed by atoms with Crippen molar-refractivity contribution in [1.29, 1.82) is 0 Å². The van der Waals surface area contributed by atoms with E-state index in [1.165, 1.54) is 5.56 Å². The van der Waals surface area contributed by atoms with Crippen LogP contribution >= 0.6 is 23.2 Å². The molecule has 2 amide bonds. The molecular formula is C26H32Cl2N2O3. The van der Waals surface area contributed by atoms with Crippen LogP contribution in [-0.4, -0.2) is 35.4 Å². The molecule has 7 heteroatoms. The van der Waals surface area contributed by atoms with E-state index in [1.807, 2.05) is 37.3 Å². The maximum atomic E-state index is 13.2. The molecule has 0 saturated heterocycles. The Kier molecular flexibility index (Phi) is 9.45. The molecule has 0 bridgehead atoms. The van der Waals surface area contributed by atoms with Crippen molar-refractivity contribution in [2.75, 3.05) is 6.61 Å². The SMILES string of the molecule is Cc1ccc(OCCCC(=O)N(Cc2ccc(Cl)c(Cl)c2)C(C)C(=O)NC2CCCC2)cc1. The van der Waals surface area contributed by atoms with Crippen LogP contribution in [0, 0.1) is 6.92 Å². The van der Waals surface area contributed by atoms with Gasteiger partial charge in [-0.1, -0.05) is 59.8 Å². The first-order valence-corrected chi connectivity index (χ1v) is 12.3. The fourth-order valence-corrected chi connectivity index (χ4v) is 4.32. The van der Waals surface area contributed by atoms with Crippen LogP contribution in [0.15, 0.2) is 42.5 Å². The van der Waals surface area contributed by atoms with Gasteiger partial charge < -0.3 is 15.0 Å². The van der Waals surface area contributed by atoms with E-state index in [1.54, 1.807) is 24.0 Å². The topological polar surface area (TPSA) is 58.6 Å². The number of amides is 2. The Morgan fingerprint density at radius 2 is 1.79 bits per heavy atom. The fourth-order valence-electron chi connectivity index (χ4n) is 4.00. The largest absolute Gasteiger partial charge is 0.494 e. The minimum Gasteiger partial charge on any atom is -0.494 e. The molecule has 1 aliphatic rings. The fraction of sp³-hybridized carbons (Fsp3) is 0.462. The first-order chi connectivity index (χ1) is 15.8. The molecule has 0 aromatic heterocycles. The number of carbonyl (C=O) groups excluding carboxylic acids is 2. The van der Waals surface area contributed by atoms with Crippen molar-refractivity contribution in [3.8, 4) is 5.75 Å². The van der Waals surface area contributed by atoms with Gasteiger partial charge in [-0.2, -0.15) is 0 Å². The summed E-state index contributed by atoms with van der Waals surface area (Å²) in [4.78, 5) is 27.7. The molecule has 1 fully saturated rings. The van der Waals surface area contributed by atoms with Gasteiger partial charge in [0.25, 0.3) is 0 Å². The van der Waals surface area contributed by atoms with Crippen LogP contribution in [0.25, 0.3) is 0 Å². The summed E-state index contributed by atoms with van der Waals surface area (Å²) in [5.74, 6) is 0.568. The number of rotatable bonds is 10. The summed E-state index contributed by atoms with van der Waals surface area (Å²) in [6.45, 7) is 4.52. The molecule has 1 aliphatic carbocycles. The van der Waals surface area contributed by atoms with Crippen LogP contribution in [-0.2, 0) is 16.1 Å². The van der Waals surface area contributed by atoms with Gasteiger partial charge in [0.15, 0.2) is 0 Å². The van der Waals surface area contributed by atoms with Crippen LogP contribution < -0.4 is 10.1 Å². The molecule has 0 heterocycles. The highest BCUT2D eigenvalue weighted by atomic mass is 35.5. The summed E-state index contributed by atoms with van der Waals surface area (Å²) in [5, 5.41) is 3.99. The molecule has 1 N–H and O–H groups in total. The van der Waals surface area contributed by atoms with Gasteiger partial charge in [0, 0.05) is 19.0 Å². The molecule has 0 spiro atoms. The van der Waals surface area contributed by atoms with Gasteiger partial charge in [-0.05, 0) is 62.9 Å². The van der Waals surface area contributed by atoms with E-state index in [0.717, 1.165) is 37.0 Å². The van der Waals surface area contributed by atoms with E-state index in [0.29, 0.717) is 23.1 Å². The third kappa shape index (κ3) is 7.65. The van der Waals surface area contributed by atoms with Crippen LogP contribution in [0.2, 0.25) is 10.0 Å². The first kappa shape index (κ1) is 25.4. The van der Waals surface area contributed by atoms with Gasteiger partial charge in [0.1, 0.15) is 11.8 Å². The number of halogens is 2. The van der Waals surface area contributed by atoms with Crippen LogP contribution in [0.1, 0.15) is 56.6 Å². The van der Waals surface area contributed by atoms with Crippen LogP contribution in [0.4, 0.5) is 0 Å². The molecule has 0 aliphatic heterocycles. The quantitative estimate of drug-likeness (QED) is 0.419. The Balaban J connectivity index is 1.62. The molecule has 3 rings (SSSR count). The van der Waals surface area contributed by atoms with E-state index in [-0.39, 0.29) is 30.8 Å². The number of aryl methyl sites for hydroxylation is 1. The minimum absolute atomic E-state index is 0.0948. The molecule has 1 saturated carbocycles. The highest BCUT2D eigenvalue weighted by Gasteiger charge is 2.28. The monoisotopic (exact) mass is 490 g/mol. The zero-order valence-corrected chi connectivity index (χ0v) is 20.8. The van der Waals surface area contributed by atoms with Gasteiger partial charge in [-0.15, -0.1) is 0 Å². The Bertz CT molecular complexity index is 943. The summed E-state index contributed by atoms with van der Waals surface area (Å²) in [5.41, 5.74) is 1.99. The summed E-state index contributed by atoms with van der Waals surface area (Å²) in [6, 6.07) is 12.7. The lowest BCUT2D eigenvalue weighted by molar-refractivity contribution is -0.141. The second-order valence-electron chi connectivity index (χ2n) is 8.70. The lowest BCUT2D eigenvalue weighted by Crippen LogP contribution is -2.49. The average molecular weight is 491 g/mol. The Labute approximate surface area is 206 Å². The molecule has 1 atom stereocenters. The van der Waals surface area contributed by atoms with E-state index < -0.39 is 6.04 Å². The first-order valence-electron chi connectivity index (χ1n) is 11.6. The van der Waals surface area contributed by atoms with Gasteiger partial charge >= 0.3 is 0 Å². The van der Waals surface area contributed by atoms with Gasteiger partial charge in [-0.25, -0.2) is 0 Å². The maximum absolute atomic E-state index is 13.2. The zero-order chi connectivity index (χ0) is 23.8. The number of carbonyl (C=O) groups is 2. The van der Waals surface area contributed by atoms with E-state index in [2.05, 4.69) is 5.32 Å². The summed E-state index contributed by atoms with van der Waals surface area (Å²) in [7, 11) is 0. The molecule has 178 valence electrons. The highest BCUT2D eigenvalue weighted by Crippen LogP contribution is 2.24. The molecule has 1 unspecified atom stereocenters. The van der Waals surface area contributed by atoms with Crippen molar-refractivity contribution in [3.05, 3.63) is 63.6 Å². The van der Waals surface area contributed by atoms with Crippen molar-refractivity contribution < 1.29 is 14.3 Å². The standard InChI is InChI=1S/C26H32Cl2N2O3/c1-18-9-12-22(13-10-18)33-15-5-8-25(31)30(17-20-11-14-23(27)24(28)16-20)19(2)26(32)29-21-6-3-4-7-21/h9-14,16,19,21H,3-8,15,17H2,1-2H3,(H,29,32). The van der Waals surface area contributed by atoms with Crippen LogP contribution in [0.5, 0.6) is 5.75 Å². The van der Waals surface area contributed by atoms with E-state index >= 15 is 0 Å². The number of ether oxygens (including phenoxy) is 1. The predicted molar refractivity (Wildman–Crippen MR) is 133 cm³/mol. The number of hydrogen-bond donors (Lipinski definition) is 1. The van der Waals surface area contributed by atoms with Gasteiger partial charge in [0.05, 0.1) is 16.7 Å². The summed E-state index contributed by atoms with van der Waals surface area (Å²) >= 11 is 12.2. The average Bonchev–Trinajstić information content (AvgIpc) is 3.31. The Hall–Kier alpha value is -2.24. The molecule has 0 radical (unpaired) electrons. The smallest absolute Gasteiger partial charge is 0.242 e. The normalized spacial score (nSPS) is 14.7. The van der Waals surface area contributed by atoms with Crippen molar-refractivity contribution in [2.24, 2.45) is 0 Å². The van der Waals surface area contributed by atoms with Crippen molar-refractivity contribution in [1.82, 2.24) is 10.2 Å². The number of benzene rings is 2. The minimum atomic E-state index is -0.592. The molecular weight excluding hydrogens is 459 g/mol. The Morgan fingerprint density at radius 1 is 1.09 bits per heavy atom. The lowest BCUT2D eigenvalue weighted by atomic mass is 10.1. The van der Waals surface area contributed by atoms with E-state index in [9.17, 15) is 9.59 Å².